The highest BCUT2D eigenvalue weighted by molar-refractivity contribution is 6.30. The van der Waals surface area contributed by atoms with Crippen molar-refractivity contribution in [3.05, 3.63) is 29.3 Å². The third-order valence-electron chi connectivity index (χ3n) is 4.00. The molecule has 1 aromatic rings. The molecule has 0 saturated carbocycles. The SMILES string of the molecule is CNCCC1CCN(CC(=O)Nc2ccc(Cl)cc2)CC1.Cl. The summed E-state index contributed by atoms with van der Waals surface area (Å²) in [5.74, 6) is 0.846. The van der Waals surface area contributed by atoms with Gasteiger partial charge in [-0.1, -0.05) is 11.6 Å². The Balaban J connectivity index is 0.00000242. The number of carbonyl (C=O) groups excluding carboxylic acids is 1. The van der Waals surface area contributed by atoms with E-state index in [1.54, 1.807) is 12.1 Å². The van der Waals surface area contributed by atoms with Gasteiger partial charge in [-0.15, -0.1) is 12.4 Å². The van der Waals surface area contributed by atoms with E-state index in [2.05, 4.69) is 15.5 Å². The summed E-state index contributed by atoms with van der Waals surface area (Å²) in [6, 6.07) is 7.21. The third-order valence-corrected chi connectivity index (χ3v) is 4.26. The number of nitrogens with zero attached hydrogens (tertiary/aromatic N) is 1. The Kier molecular flexibility index (Phi) is 8.79. The van der Waals surface area contributed by atoms with Crippen molar-refractivity contribution in [3.63, 3.8) is 0 Å². The number of halogens is 2. The first kappa shape index (κ1) is 19.2. The summed E-state index contributed by atoms with van der Waals surface area (Å²) in [5, 5.41) is 6.79. The van der Waals surface area contributed by atoms with E-state index in [1.165, 1.54) is 19.3 Å². The molecule has 2 N–H and O–H groups in total. The van der Waals surface area contributed by atoms with Gasteiger partial charge in [0, 0.05) is 10.7 Å². The van der Waals surface area contributed by atoms with Crippen LogP contribution in [0, 0.1) is 5.92 Å². The molecule has 0 unspecified atom stereocenters. The lowest BCUT2D eigenvalue weighted by atomic mass is 9.93. The van der Waals surface area contributed by atoms with Crippen molar-refractivity contribution in [1.82, 2.24) is 10.2 Å². The predicted molar refractivity (Wildman–Crippen MR) is 95.0 cm³/mol. The lowest BCUT2D eigenvalue weighted by molar-refractivity contribution is -0.117. The fourth-order valence-corrected chi connectivity index (χ4v) is 2.84. The summed E-state index contributed by atoms with van der Waals surface area (Å²) in [5.41, 5.74) is 0.799. The molecule has 1 heterocycles. The van der Waals surface area contributed by atoms with Crippen LogP contribution in [0.2, 0.25) is 5.02 Å². The van der Waals surface area contributed by atoms with Crippen LogP contribution >= 0.6 is 24.0 Å². The van der Waals surface area contributed by atoms with E-state index in [9.17, 15) is 4.79 Å². The van der Waals surface area contributed by atoms with E-state index in [4.69, 9.17) is 11.6 Å². The Morgan fingerprint density at radius 1 is 1.27 bits per heavy atom. The zero-order valence-electron chi connectivity index (χ0n) is 13.0. The number of anilines is 1. The molecule has 0 spiro atoms. The third kappa shape index (κ3) is 6.53. The van der Waals surface area contributed by atoms with E-state index in [-0.39, 0.29) is 18.3 Å². The van der Waals surface area contributed by atoms with Crippen LogP contribution in [0.3, 0.4) is 0 Å². The second-order valence-corrected chi connectivity index (χ2v) is 6.10. The second-order valence-electron chi connectivity index (χ2n) is 5.67. The Bertz CT molecular complexity index is 445. The molecule has 124 valence electrons. The highest BCUT2D eigenvalue weighted by Crippen LogP contribution is 2.20. The molecule has 1 aromatic carbocycles. The van der Waals surface area contributed by atoms with E-state index in [0.717, 1.165) is 31.2 Å². The van der Waals surface area contributed by atoms with E-state index >= 15 is 0 Å². The number of hydrogen-bond acceptors (Lipinski definition) is 3. The first-order valence-corrected chi connectivity index (χ1v) is 7.97. The molecule has 22 heavy (non-hydrogen) atoms. The van der Waals surface area contributed by atoms with Crippen molar-refractivity contribution in [2.75, 3.05) is 38.5 Å². The van der Waals surface area contributed by atoms with Gasteiger partial charge in [0.25, 0.3) is 0 Å². The van der Waals surface area contributed by atoms with Gasteiger partial charge in [-0.05, 0) is 76.1 Å². The maximum atomic E-state index is 12.0. The first-order chi connectivity index (χ1) is 10.2. The lowest BCUT2D eigenvalue weighted by Gasteiger charge is -2.31. The predicted octanol–water partition coefficient (Wildman–Crippen LogP) is 3.02. The number of likely N-dealkylation sites (tertiary alicyclic amines) is 1. The highest BCUT2D eigenvalue weighted by atomic mass is 35.5. The molecule has 0 atom stereocenters. The second kappa shape index (κ2) is 10.1. The Labute approximate surface area is 144 Å². The summed E-state index contributed by atoms with van der Waals surface area (Å²) >= 11 is 5.83. The quantitative estimate of drug-likeness (QED) is 0.832. The Morgan fingerprint density at radius 2 is 1.91 bits per heavy atom. The highest BCUT2D eigenvalue weighted by Gasteiger charge is 2.20. The smallest absolute Gasteiger partial charge is 0.238 e. The average molecular weight is 346 g/mol. The maximum Gasteiger partial charge on any atom is 0.238 e. The molecule has 0 aromatic heterocycles. The average Bonchev–Trinajstić information content (AvgIpc) is 2.49. The van der Waals surface area contributed by atoms with Gasteiger partial charge in [-0.2, -0.15) is 0 Å². The van der Waals surface area contributed by atoms with Crippen LogP contribution in [-0.4, -0.2) is 44.0 Å². The van der Waals surface area contributed by atoms with Crippen LogP contribution in [0.1, 0.15) is 19.3 Å². The van der Waals surface area contributed by atoms with Crippen LogP contribution in [0.25, 0.3) is 0 Å². The van der Waals surface area contributed by atoms with Crippen LogP contribution in [0.5, 0.6) is 0 Å². The Hall–Kier alpha value is -0.810. The molecule has 0 aliphatic carbocycles. The van der Waals surface area contributed by atoms with E-state index in [0.29, 0.717) is 11.6 Å². The maximum absolute atomic E-state index is 12.0. The summed E-state index contributed by atoms with van der Waals surface area (Å²) in [7, 11) is 2.00. The normalized spacial score (nSPS) is 16.1. The Morgan fingerprint density at radius 3 is 2.50 bits per heavy atom. The fraction of sp³-hybridized carbons (Fsp3) is 0.562. The molecule has 1 saturated heterocycles. The zero-order chi connectivity index (χ0) is 15.1. The molecule has 1 fully saturated rings. The van der Waals surface area contributed by atoms with E-state index in [1.807, 2.05) is 19.2 Å². The number of nitrogens with one attached hydrogen (secondary N) is 2. The largest absolute Gasteiger partial charge is 0.325 e. The molecular weight excluding hydrogens is 321 g/mol. The molecule has 1 aliphatic rings. The number of rotatable bonds is 6. The number of carbonyl (C=O) groups is 1. The van der Waals surface area contributed by atoms with Crippen molar-refractivity contribution >= 4 is 35.6 Å². The van der Waals surface area contributed by atoms with Gasteiger partial charge in [0.1, 0.15) is 0 Å². The zero-order valence-corrected chi connectivity index (χ0v) is 14.6. The standard InChI is InChI=1S/C16H24ClN3O.ClH/c1-18-9-6-13-7-10-20(11-8-13)12-16(21)19-15-4-2-14(17)3-5-15;/h2-5,13,18H,6-12H2,1H3,(H,19,21);1H. The number of benzene rings is 1. The van der Waals surface area contributed by atoms with Gasteiger partial charge in [0.05, 0.1) is 6.54 Å². The van der Waals surface area contributed by atoms with Gasteiger partial charge in [0.15, 0.2) is 0 Å². The molecule has 1 amide bonds. The summed E-state index contributed by atoms with van der Waals surface area (Å²) in [6.07, 6.45) is 3.62. The molecule has 4 nitrogen and oxygen atoms in total. The number of amides is 1. The number of hydrogen-bond donors (Lipinski definition) is 2. The molecule has 2 rings (SSSR count). The van der Waals surface area contributed by atoms with Gasteiger partial charge in [0.2, 0.25) is 5.91 Å². The molecular formula is C16H25Cl2N3O. The topological polar surface area (TPSA) is 44.4 Å². The summed E-state index contributed by atoms with van der Waals surface area (Å²) in [4.78, 5) is 14.3. The van der Waals surface area contributed by atoms with Crippen molar-refractivity contribution in [2.45, 2.75) is 19.3 Å². The van der Waals surface area contributed by atoms with Crippen LogP contribution in [0.15, 0.2) is 24.3 Å². The molecule has 6 heteroatoms. The first-order valence-electron chi connectivity index (χ1n) is 7.60. The fourth-order valence-electron chi connectivity index (χ4n) is 2.72. The van der Waals surface area contributed by atoms with E-state index < -0.39 is 0 Å². The monoisotopic (exact) mass is 345 g/mol. The summed E-state index contributed by atoms with van der Waals surface area (Å²) < 4.78 is 0. The molecule has 0 radical (unpaired) electrons. The van der Waals surface area contributed by atoms with Crippen molar-refractivity contribution < 1.29 is 4.79 Å². The van der Waals surface area contributed by atoms with Crippen LogP contribution in [0.4, 0.5) is 5.69 Å². The number of piperidine rings is 1. The van der Waals surface area contributed by atoms with Gasteiger partial charge in [-0.25, -0.2) is 0 Å². The van der Waals surface area contributed by atoms with Gasteiger partial charge < -0.3 is 10.6 Å². The molecule has 0 bridgehead atoms. The van der Waals surface area contributed by atoms with Crippen LogP contribution < -0.4 is 10.6 Å². The minimum atomic E-state index is 0. The van der Waals surface area contributed by atoms with Gasteiger partial charge >= 0.3 is 0 Å². The minimum Gasteiger partial charge on any atom is -0.325 e. The van der Waals surface area contributed by atoms with Gasteiger partial charge in [-0.3, -0.25) is 9.69 Å². The van der Waals surface area contributed by atoms with Crippen molar-refractivity contribution in [1.29, 1.82) is 0 Å². The summed E-state index contributed by atoms with van der Waals surface area (Å²) in [6.45, 7) is 3.59. The van der Waals surface area contributed by atoms with Crippen molar-refractivity contribution in [3.8, 4) is 0 Å². The minimum absolute atomic E-state index is 0. The van der Waals surface area contributed by atoms with Crippen LogP contribution in [-0.2, 0) is 4.79 Å². The molecule has 1 aliphatic heterocycles. The van der Waals surface area contributed by atoms with Crippen molar-refractivity contribution in [2.24, 2.45) is 5.92 Å². The lowest BCUT2D eigenvalue weighted by Crippen LogP contribution is -2.39.